The SMILES string of the molecule is Oc1cc(Cl)c(C2CC2)c(-c2ncc3c(N4CCCOCC4)nc(OC[C@@]45CCCN4C[C@H](F)C5)nc3c2F)c1. The van der Waals surface area contributed by atoms with E-state index in [1.54, 1.807) is 6.20 Å². The number of pyridine rings is 1. The van der Waals surface area contributed by atoms with Gasteiger partial charge in [-0.3, -0.25) is 9.88 Å². The van der Waals surface area contributed by atoms with E-state index in [-0.39, 0.29) is 41.0 Å². The van der Waals surface area contributed by atoms with E-state index in [2.05, 4.69) is 19.8 Å². The third kappa shape index (κ3) is 4.63. The fraction of sp³-hybridized carbons (Fsp3) is 0.552. The second-order valence-electron chi connectivity index (χ2n) is 11.5. The summed E-state index contributed by atoms with van der Waals surface area (Å²) in [5.74, 6) is 0.0726. The lowest BCUT2D eigenvalue weighted by atomic mass is 9.95. The van der Waals surface area contributed by atoms with E-state index in [1.807, 2.05) is 0 Å². The van der Waals surface area contributed by atoms with Crippen LogP contribution in [0.15, 0.2) is 18.3 Å². The average Bonchev–Trinajstić information content (AvgIpc) is 3.67. The van der Waals surface area contributed by atoms with Gasteiger partial charge in [-0.2, -0.15) is 9.97 Å². The Labute approximate surface area is 236 Å². The van der Waals surface area contributed by atoms with Gasteiger partial charge in [0.2, 0.25) is 0 Å². The molecule has 3 saturated heterocycles. The normalized spacial score (nSPS) is 25.4. The Kier molecular flexibility index (Phi) is 6.67. The lowest BCUT2D eigenvalue weighted by Gasteiger charge is -2.31. The molecule has 5 heterocycles. The van der Waals surface area contributed by atoms with Crippen LogP contribution in [0, 0.1) is 5.82 Å². The lowest BCUT2D eigenvalue weighted by molar-refractivity contribution is 0.107. The van der Waals surface area contributed by atoms with E-state index in [0.29, 0.717) is 61.1 Å². The minimum absolute atomic E-state index is 0.0502. The fourth-order valence-electron chi connectivity index (χ4n) is 6.71. The van der Waals surface area contributed by atoms with Crippen LogP contribution in [0.2, 0.25) is 5.02 Å². The topological polar surface area (TPSA) is 83.8 Å². The summed E-state index contributed by atoms with van der Waals surface area (Å²) >= 11 is 6.51. The Morgan fingerprint density at radius 1 is 1.15 bits per heavy atom. The third-order valence-corrected chi connectivity index (χ3v) is 9.06. The van der Waals surface area contributed by atoms with Gasteiger partial charge in [0.15, 0.2) is 5.82 Å². The number of alkyl halides is 1. The summed E-state index contributed by atoms with van der Waals surface area (Å²) in [5, 5.41) is 11.2. The monoisotopic (exact) mass is 571 g/mol. The van der Waals surface area contributed by atoms with Crippen molar-refractivity contribution in [3.8, 4) is 23.0 Å². The van der Waals surface area contributed by atoms with Gasteiger partial charge in [-0.1, -0.05) is 11.6 Å². The molecule has 212 valence electrons. The highest BCUT2D eigenvalue weighted by Gasteiger charge is 2.49. The summed E-state index contributed by atoms with van der Waals surface area (Å²) < 4.78 is 42.6. The molecule has 0 amide bonds. The zero-order valence-electron chi connectivity index (χ0n) is 22.2. The summed E-state index contributed by atoms with van der Waals surface area (Å²) in [5.41, 5.74) is 1.06. The number of hydrogen-bond donors (Lipinski definition) is 1. The molecule has 2 atom stereocenters. The maximum atomic E-state index is 16.5. The Morgan fingerprint density at radius 3 is 2.88 bits per heavy atom. The zero-order valence-corrected chi connectivity index (χ0v) is 23.0. The molecule has 0 spiro atoms. The van der Waals surface area contributed by atoms with Crippen LogP contribution in [-0.4, -0.2) is 82.7 Å². The van der Waals surface area contributed by atoms with Gasteiger partial charge in [-0.25, -0.2) is 8.78 Å². The Bertz CT molecular complexity index is 1450. The number of halogens is 3. The predicted octanol–water partition coefficient (Wildman–Crippen LogP) is 5.25. The van der Waals surface area contributed by atoms with Gasteiger partial charge in [0.1, 0.15) is 35.6 Å². The second-order valence-corrected chi connectivity index (χ2v) is 11.9. The average molecular weight is 572 g/mol. The molecule has 1 saturated carbocycles. The first kappa shape index (κ1) is 26.1. The molecule has 2 aromatic heterocycles. The van der Waals surface area contributed by atoms with Gasteiger partial charge >= 0.3 is 6.01 Å². The number of anilines is 1. The first-order valence-corrected chi connectivity index (χ1v) is 14.5. The Hall–Kier alpha value is -2.82. The minimum atomic E-state index is -0.880. The van der Waals surface area contributed by atoms with Crippen LogP contribution >= 0.6 is 11.6 Å². The standard InChI is InChI=1S/C29H32ClF2N5O3/c30-22-12-19(38)11-20(23(22)17-3-4-17)25-24(32)26-21(14-33-25)27(36-6-2-9-39-10-8-36)35-28(34-26)40-16-29-5-1-7-37(29)15-18(31)13-29/h11-12,14,17-18,38H,1-10,13,15-16H2/t18-,29+/m1/s1. The second kappa shape index (κ2) is 10.2. The van der Waals surface area contributed by atoms with Gasteiger partial charge in [-0.05, 0) is 62.3 Å². The van der Waals surface area contributed by atoms with Crippen molar-refractivity contribution >= 4 is 28.3 Å². The summed E-state index contributed by atoms with van der Waals surface area (Å²) in [4.78, 5) is 18.0. The highest BCUT2D eigenvalue weighted by atomic mass is 35.5. The third-order valence-electron chi connectivity index (χ3n) is 8.75. The summed E-state index contributed by atoms with van der Waals surface area (Å²) in [6.07, 6.45) is 5.68. The molecule has 4 aliphatic rings. The molecule has 40 heavy (non-hydrogen) atoms. The predicted molar refractivity (Wildman–Crippen MR) is 148 cm³/mol. The maximum absolute atomic E-state index is 16.5. The minimum Gasteiger partial charge on any atom is -0.508 e. The molecular weight excluding hydrogens is 540 g/mol. The Balaban J connectivity index is 1.33. The molecule has 0 bridgehead atoms. The van der Waals surface area contributed by atoms with Crippen molar-refractivity contribution in [3.63, 3.8) is 0 Å². The van der Waals surface area contributed by atoms with E-state index in [1.165, 1.54) is 12.1 Å². The molecule has 7 rings (SSSR count). The number of aromatic nitrogens is 3. The van der Waals surface area contributed by atoms with E-state index in [4.69, 9.17) is 26.1 Å². The molecule has 1 N–H and O–H groups in total. The van der Waals surface area contributed by atoms with E-state index in [9.17, 15) is 9.50 Å². The molecular formula is C29H32ClF2N5O3. The number of phenolic OH excluding ortho intramolecular Hbond substituents is 1. The van der Waals surface area contributed by atoms with Crippen LogP contribution < -0.4 is 9.64 Å². The number of ether oxygens (including phenoxy) is 2. The molecule has 3 aromatic rings. The van der Waals surface area contributed by atoms with Crippen LogP contribution in [0.4, 0.5) is 14.6 Å². The smallest absolute Gasteiger partial charge is 0.319 e. The lowest BCUT2D eigenvalue weighted by Crippen LogP contribution is -2.43. The first-order chi connectivity index (χ1) is 19.4. The number of rotatable bonds is 6. The van der Waals surface area contributed by atoms with Crippen LogP contribution in [0.25, 0.3) is 22.2 Å². The maximum Gasteiger partial charge on any atom is 0.319 e. The van der Waals surface area contributed by atoms with E-state index < -0.39 is 12.0 Å². The summed E-state index contributed by atoms with van der Waals surface area (Å²) in [6, 6.07) is 3.06. The molecule has 0 radical (unpaired) electrons. The van der Waals surface area contributed by atoms with Crippen molar-refractivity contribution in [3.05, 3.63) is 34.7 Å². The molecule has 4 fully saturated rings. The van der Waals surface area contributed by atoms with Gasteiger partial charge in [0.05, 0.1) is 17.5 Å². The number of hydrogen-bond acceptors (Lipinski definition) is 8. The van der Waals surface area contributed by atoms with Crippen molar-refractivity contribution in [1.82, 2.24) is 19.9 Å². The molecule has 11 heteroatoms. The molecule has 1 aromatic carbocycles. The van der Waals surface area contributed by atoms with Crippen molar-refractivity contribution in [2.45, 2.75) is 56.2 Å². The summed E-state index contributed by atoms with van der Waals surface area (Å²) in [7, 11) is 0. The number of phenols is 1. The Morgan fingerprint density at radius 2 is 2.02 bits per heavy atom. The number of aromatic hydroxyl groups is 1. The van der Waals surface area contributed by atoms with Crippen LogP contribution in [0.5, 0.6) is 11.8 Å². The number of benzene rings is 1. The highest BCUT2D eigenvalue weighted by molar-refractivity contribution is 6.32. The van der Waals surface area contributed by atoms with Gasteiger partial charge in [0, 0.05) is 49.4 Å². The zero-order chi connectivity index (χ0) is 27.4. The van der Waals surface area contributed by atoms with Gasteiger partial charge < -0.3 is 19.5 Å². The fourth-order valence-corrected chi connectivity index (χ4v) is 7.07. The highest BCUT2D eigenvalue weighted by Crippen LogP contribution is 2.49. The van der Waals surface area contributed by atoms with Crippen molar-refractivity contribution in [1.29, 1.82) is 0 Å². The first-order valence-electron chi connectivity index (χ1n) is 14.2. The van der Waals surface area contributed by atoms with Crippen LogP contribution in [0.1, 0.15) is 50.0 Å². The van der Waals surface area contributed by atoms with Crippen LogP contribution in [-0.2, 0) is 4.74 Å². The van der Waals surface area contributed by atoms with E-state index in [0.717, 1.165) is 44.2 Å². The van der Waals surface area contributed by atoms with Gasteiger partial charge in [0.25, 0.3) is 0 Å². The summed E-state index contributed by atoms with van der Waals surface area (Å²) in [6.45, 7) is 3.95. The molecule has 1 aliphatic carbocycles. The molecule has 8 nitrogen and oxygen atoms in total. The van der Waals surface area contributed by atoms with Crippen molar-refractivity contribution in [2.24, 2.45) is 0 Å². The molecule has 0 unspecified atom stereocenters. The quantitative estimate of drug-likeness (QED) is 0.430. The molecule has 3 aliphatic heterocycles. The van der Waals surface area contributed by atoms with Crippen molar-refractivity contribution < 1.29 is 23.4 Å². The van der Waals surface area contributed by atoms with Gasteiger partial charge in [-0.15, -0.1) is 0 Å². The van der Waals surface area contributed by atoms with E-state index >= 15 is 4.39 Å². The number of nitrogens with zero attached hydrogens (tertiary/aromatic N) is 5. The largest absolute Gasteiger partial charge is 0.508 e. The van der Waals surface area contributed by atoms with Crippen LogP contribution in [0.3, 0.4) is 0 Å². The number of fused-ring (bicyclic) bond motifs is 2. The van der Waals surface area contributed by atoms with Crippen molar-refractivity contribution in [2.75, 3.05) is 50.9 Å².